The van der Waals surface area contributed by atoms with Crippen molar-refractivity contribution in [2.24, 2.45) is 0 Å². The highest BCUT2D eigenvalue weighted by atomic mass is 32.2. The lowest BCUT2D eigenvalue weighted by atomic mass is 10.00. The predicted molar refractivity (Wildman–Crippen MR) is 152 cm³/mol. The zero-order valence-electron chi connectivity index (χ0n) is 22.6. The Morgan fingerprint density at radius 2 is 1.88 bits per heavy atom. The molecule has 0 radical (unpaired) electrons. The van der Waals surface area contributed by atoms with Gasteiger partial charge in [-0.3, -0.25) is 0 Å². The van der Waals surface area contributed by atoms with Crippen molar-refractivity contribution in [3.8, 4) is 34.4 Å². The quantitative estimate of drug-likeness (QED) is 0.182. The third kappa shape index (κ3) is 6.18. The number of oxazole rings is 1. The van der Waals surface area contributed by atoms with Gasteiger partial charge < -0.3 is 24.4 Å². The second-order valence-electron chi connectivity index (χ2n) is 9.73. The molecule has 2 N–H and O–H groups in total. The molecule has 11 heteroatoms. The Kier molecular flexibility index (Phi) is 7.95. The van der Waals surface area contributed by atoms with Crippen molar-refractivity contribution < 1.29 is 23.0 Å². The number of halogens is 1. The van der Waals surface area contributed by atoms with E-state index in [2.05, 4.69) is 20.9 Å². The highest BCUT2D eigenvalue weighted by molar-refractivity contribution is 7.98. The molecule has 5 rings (SSSR count). The van der Waals surface area contributed by atoms with Gasteiger partial charge in [-0.05, 0) is 62.7 Å². The smallest absolute Gasteiger partial charge is 0.236 e. The van der Waals surface area contributed by atoms with Crippen LogP contribution >= 0.6 is 11.8 Å². The molecule has 2 aromatic heterocycles. The van der Waals surface area contributed by atoms with Crippen molar-refractivity contribution in [3.63, 3.8) is 0 Å². The molecular formula is C30H26FN5O4S. The first kappa shape index (κ1) is 28.1. The summed E-state index contributed by atoms with van der Waals surface area (Å²) >= 11 is 1.27. The van der Waals surface area contributed by atoms with E-state index in [1.54, 1.807) is 43.3 Å². The molecule has 9 nitrogen and oxygen atoms in total. The molecular weight excluding hydrogens is 545 g/mol. The Morgan fingerprint density at radius 3 is 2.51 bits per heavy atom. The van der Waals surface area contributed by atoms with E-state index in [1.165, 1.54) is 23.9 Å². The lowest BCUT2D eigenvalue weighted by molar-refractivity contribution is -0.141. The summed E-state index contributed by atoms with van der Waals surface area (Å²) in [4.78, 5) is 12.5. The van der Waals surface area contributed by atoms with Crippen LogP contribution in [-0.2, 0) is 15.2 Å². The number of nitriles is 1. The number of aryl methyl sites for hydroxylation is 1. The van der Waals surface area contributed by atoms with Gasteiger partial charge >= 0.3 is 0 Å². The largest absolute Gasteiger partial charge is 0.491 e. The van der Waals surface area contributed by atoms with Crippen molar-refractivity contribution in [2.75, 3.05) is 18.9 Å². The highest BCUT2D eigenvalue weighted by Crippen LogP contribution is 2.42. The molecule has 2 aromatic carbocycles. The second kappa shape index (κ2) is 11.6. The molecule has 1 atom stereocenters. The number of hydrogen-bond acceptors (Lipinski definition) is 9. The first-order valence-corrected chi connectivity index (χ1v) is 13.7. The van der Waals surface area contributed by atoms with Gasteiger partial charge in [0.1, 0.15) is 47.0 Å². The molecule has 0 bridgehead atoms. The van der Waals surface area contributed by atoms with Crippen molar-refractivity contribution in [3.05, 3.63) is 82.8 Å². The number of nitrogen functional groups attached to an aromatic ring is 1. The fraction of sp³-hybridized carbons (Fsp3) is 0.267. The molecule has 41 heavy (non-hydrogen) atoms. The summed E-state index contributed by atoms with van der Waals surface area (Å²) < 4.78 is 36.3. The minimum absolute atomic E-state index is 0.0294. The van der Waals surface area contributed by atoms with Crippen LogP contribution in [-0.4, -0.2) is 35.1 Å². The molecule has 1 aliphatic rings. The van der Waals surface area contributed by atoms with Gasteiger partial charge in [0.2, 0.25) is 11.6 Å². The average Bonchev–Trinajstić information content (AvgIpc) is 3.51. The number of nitrogens with two attached hydrogens (primary N) is 1. The molecule has 1 fully saturated rings. The average molecular weight is 572 g/mol. The van der Waals surface area contributed by atoms with Crippen LogP contribution < -0.4 is 10.5 Å². The van der Waals surface area contributed by atoms with Crippen molar-refractivity contribution in [1.29, 1.82) is 5.26 Å². The Balaban J connectivity index is 1.37. The van der Waals surface area contributed by atoms with E-state index in [0.717, 1.165) is 0 Å². The normalized spacial score (nSPS) is 15.8. The molecule has 0 saturated carbocycles. The zero-order valence-corrected chi connectivity index (χ0v) is 23.4. The number of ether oxygens (including phenoxy) is 3. The van der Waals surface area contributed by atoms with Crippen LogP contribution in [0.3, 0.4) is 0 Å². The van der Waals surface area contributed by atoms with Gasteiger partial charge in [0.15, 0.2) is 5.79 Å². The Bertz CT molecular complexity index is 1660. The number of pyridine rings is 1. The van der Waals surface area contributed by atoms with Crippen LogP contribution in [0.15, 0.2) is 58.0 Å². The number of nitrogens with zero attached hydrogens (tertiary/aromatic N) is 4. The Labute approximate surface area is 240 Å². The third-order valence-electron chi connectivity index (χ3n) is 6.36. The van der Waals surface area contributed by atoms with Crippen molar-refractivity contribution >= 4 is 23.3 Å². The van der Waals surface area contributed by atoms with Crippen LogP contribution in [0.2, 0.25) is 0 Å². The Morgan fingerprint density at radius 1 is 1.17 bits per heavy atom. The van der Waals surface area contributed by atoms with E-state index in [9.17, 15) is 9.65 Å². The van der Waals surface area contributed by atoms with Gasteiger partial charge in [-0.25, -0.2) is 19.2 Å². The van der Waals surface area contributed by atoms with Gasteiger partial charge in [-0.2, -0.15) is 5.26 Å². The van der Waals surface area contributed by atoms with E-state index in [4.69, 9.17) is 30.9 Å². The van der Waals surface area contributed by atoms with E-state index in [-0.39, 0.29) is 29.0 Å². The summed E-state index contributed by atoms with van der Waals surface area (Å²) in [5.41, 5.74) is 8.87. The SMILES string of the molecule is [C-]#[N+]c1c(N)nc(SCc2nc(-c3ccc(F)cc3)oc2C)c(C#N)c1-c1ccc(OC[C@H]2COC(C)(C)O2)cc1. The first-order chi connectivity index (χ1) is 19.7. The van der Waals surface area contributed by atoms with Gasteiger partial charge in [0.25, 0.3) is 0 Å². The maximum absolute atomic E-state index is 13.3. The molecule has 208 valence electrons. The topological polar surface area (TPSA) is 121 Å². The highest BCUT2D eigenvalue weighted by Gasteiger charge is 2.33. The van der Waals surface area contributed by atoms with E-state index in [0.29, 0.717) is 63.8 Å². The van der Waals surface area contributed by atoms with Crippen LogP contribution in [0.5, 0.6) is 5.75 Å². The van der Waals surface area contributed by atoms with Crippen molar-refractivity contribution in [2.45, 2.75) is 43.4 Å². The molecule has 1 saturated heterocycles. The number of rotatable bonds is 8. The monoisotopic (exact) mass is 571 g/mol. The van der Waals surface area contributed by atoms with Crippen molar-refractivity contribution in [1.82, 2.24) is 9.97 Å². The van der Waals surface area contributed by atoms with Crippen LogP contribution in [0.4, 0.5) is 15.9 Å². The fourth-order valence-corrected chi connectivity index (χ4v) is 5.34. The minimum atomic E-state index is -0.629. The van der Waals surface area contributed by atoms with Gasteiger partial charge in [-0.1, -0.05) is 23.9 Å². The third-order valence-corrected chi connectivity index (χ3v) is 7.35. The summed E-state index contributed by atoms with van der Waals surface area (Å²) in [6, 6.07) is 15.2. The zero-order chi connectivity index (χ0) is 29.1. The van der Waals surface area contributed by atoms with E-state index >= 15 is 0 Å². The van der Waals surface area contributed by atoms with Crippen LogP contribution in [0, 0.1) is 30.6 Å². The molecule has 0 aliphatic carbocycles. The standard InChI is InChI=1S/C30H26FN5O4S/c1-17-24(35-28(39-17)19-5-9-20(31)10-6-19)16-41-29-23(13-32)25(26(34-4)27(33)36-29)18-7-11-21(12-8-18)37-14-22-15-38-30(2,3)40-22/h5-12,22H,14-16H2,1-3H3,(H2,33,36)/t22-/m0/s1. The summed E-state index contributed by atoms with van der Waals surface area (Å²) in [6.07, 6.45) is -0.178. The number of hydrogen-bond donors (Lipinski definition) is 1. The molecule has 3 heterocycles. The van der Waals surface area contributed by atoms with Gasteiger partial charge in [-0.15, -0.1) is 0 Å². The number of benzene rings is 2. The Hall–Kier alpha value is -4.42. The summed E-state index contributed by atoms with van der Waals surface area (Å²) in [5, 5.41) is 10.5. The number of anilines is 1. The summed E-state index contributed by atoms with van der Waals surface area (Å²) in [7, 11) is 0. The predicted octanol–water partition coefficient (Wildman–Crippen LogP) is 6.68. The molecule has 1 aliphatic heterocycles. The fourth-order valence-electron chi connectivity index (χ4n) is 4.34. The summed E-state index contributed by atoms with van der Waals surface area (Å²) in [5.74, 6) is 0.963. The van der Waals surface area contributed by atoms with Gasteiger partial charge in [0, 0.05) is 16.9 Å². The lowest BCUT2D eigenvalue weighted by Gasteiger charge is -2.17. The van der Waals surface area contributed by atoms with E-state index < -0.39 is 5.79 Å². The maximum Gasteiger partial charge on any atom is 0.236 e. The van der Waals surface area contributed by atoms with Gasteiger partial charge in [0.05, 0.1) is 24.4 Å². The first-order valence-electron chi connectivity index (χ1n) is 12.7. The van der Waals surface area contributed by atoms with E-state index in [1.807, 2.05) is 13.8 Å². The summed E-state index contributed by atoms with van der Waals surface area (Å²) in [6.45, 7) is 14.0. The molecule has 4 aromatic rings. The number of thioether (sulfide) groups is 1. The maximum atomic E-state index is 13.3. The minimum Gasteiger partial charge on any atom is -0.491 e. The van der Waals surface area contributed by atoms with Crippen LogP contribution in [0.25, 0.3) is 27.4 Å². The molecule has 0 unspecified atom stereocenters. The second-order valence-corrected chi connectivity index (χ2v) is 10.7. The molecule has 0 spiro atoms. The van der Waals surface area contributed by atoms with Crippen LogP contribution in [0.1, 0.15) is 30.9 Å². The lowest BCUT2D eigenvalue weighted by Crippen LogP contribution is -2.25. The molecule has 0 amide bonds. The number of aromatic nitrogens is 2.